The number of rotatable bonds is 3. The highest BCUT2D eigenvalue weighted by atomic mass is 14.5. The zero-order valence-corrected chi connectivity index (χ0v) is 17.9. The van der Waals surface area contributed by atoms with E-state index in [1.807, 2.05) is 0 Å². The maximum Gasteiger partial charge on any atom is 0.00922 e. The number of hydrogen-bond acceptors (Lipinski definition) is 0. The summed E-state index contributed by atoms with van der Waals surface area (Å²) >= 11 is 0. The molecule has 0 amide bonds. The molecule has 0 heterocycles. The molecule has 0 aromatic heterocycles. The first-order valence-electron chi connectivity index (χ1n) is 12.2. The van der Waals surface area contributed by atoms with Crippen molar-refractivity contribution in [3.63, 3.8) is 0 Å². The maximum absolute atomic E-state index is 2.69. The van der Waals surface area contributed by atoms with Crippen molar-refractivity contribution in [2.45, 2.75) is 70.6 Å². The molecule has 0 saturated heterocycles. The Hall–Kier alpha value is -1.82. The molecule has 0 N–H and O–H groups in total. The zero-order valence-electron chi connectivity index (χ0n) is 17.9. The van der Waals surface area contributed by atoms with E-state index in [0.29, 0.717) is 5.92 Å². The third kappa shape index (κ3) is 3.11. The predicted molar refractivity (Wildman–Crippen MR) is 122 cm³/mol. The van der Waals surface area contributed by atoms with Gasteiger partial charge in [0, 0.05) is 5.92 Å². The minimum absolute atomic E-state index is 0.599. The van der Waals surface area contributed by atoms with Gasteiger partial charge in [0.2, 0.25) is 0 Å². The lowest BCUT2D eigenvalue weighted by Crippen LogP contribution is -2.35. The summed E-state index contributed by atoms with van der Waals surface area (Å²) in [5.41, 5.74) is 9.71. The molecule has 150 valence electrons. The molecule has 0 spiro atoms. The minimum atomic E-state index is 0.599. The molecule has 0 nitrogen and oxygen atoms in total. The summed E-state index contributed by atoms with van der Waals surface area (Å²) in [6.45, 7) is 2.38. The van der Waals surface area contributed by atoms with Crippen LogP contribution in [0.5, 0.6) is 0 Å². The van der Waals surface area contributed by atoms with Gasteiger partial charge in [-0.1, -0.05) is 55.5 Å². The van der Waals surface area contributed by atoms with Crippen LogP contribution in [0.15, 0.2) is 48.5 Å². The summed E-state index contributed by atoms with van der Waals surface area (Å²) in [4.78, 5) is 0. The molecule has 5 aliphatic carbocycles. The van der Waals surface area contributed by atoms with Crippen LogP contribution in [0.2, 0.25) is 0 Å². The summed E-state index contributed by atoms with van der Waals surface area (Å²) in [7, 11) is 0. The first-order valence-corrected chi connectivity index (χ1v) is 12.2. The van der Waals surface area contributed by atoms with Crippen LogP contribution in [0, 0.1) is 23.7 Å². The van der Waals surface area contributed by atoms with Gasteiger partial charge in [0.15, 0.2) is 0 Å². The van der Waals surface area contributed by atoms with Crippen molar-refractivity contribution in [2.24, 2.45) is 23.7 Å². The second kappa shape index (κ2) is 7.15. The van der Waals surface area contributed by atoms with Gasteiger partial charge in [-0.2, -0.15) is 0 Å². The number of hydrogen-bond donors (Lipinski definition) is 0. The Labute approximate surface area is 176 Å². The molecular formula is C29H34. The lowest BCUT2D eigenvalue weighted by molar-refractivity contribution is 0.0891. The third-order valence-corrected chi connectivity index (χ3v) is 8.64. The molecule has 0 heteroatoms. The van der Waals surface area contributed by atoms with E-state index in [2.05, 4.69) is 55.5 Å². The van der Waals surface area contributed by atoms with Gasteiger partial charge in [-0.05, 0) is 115 Å². The molecule has 3 fully saturated rings. The van der Waals surface area contributed by atoms with Gasteiger partial charge in [0.1, 0.15) is 0 Å². The van der Waals surface area contributed by atoms with Crippen molar-refractivity contribution in [3.05, 3.63) is 76.4 Å². The molecule has 2 atom stereocenters. The third-order valence-electron chi connectivity index (χ3n) is 8.64. The first-order chi connectivity index (χ1) is 14.3. The summed E-state index contributed by atoms with van der Waals surface area (Å²) < 4.78 is 0. The van der Waals surface area contributed by atoms with Gasteiger partial charge >= 0.3 is 0 Å². The fourth-order valence-corrected chi connectivity index (χ4v) is 7.10. The molecule has 2 aromatic rings. The van der Waals surface area contributed by atoms with Crippen LogP contribution in [0.4, 0.5) is 0 Å². The smallest absolute Gasteiger partial charge is 0.00922 e. The Morgan fingerprint density at radius 3 is 2.55 bits per heavy atom. The molecule has 3 saturated carbocycles. The second-order valence-corrected chi connectivity index (χ2v) is 10.4. The van der Waals surface area contributed by atoms with Gasteiger partial charge in [-0.25, -0.2) is 0 Å². The lowest BCUT2D eigenvalue weighted by atomic mass is 9.58. The number of benzene rings is 2. The van der Waals surface area contributed by atoms with Crippen LogP contribution in [-0.4, -0.2) is 0 Å². The molecule has 2 bridgehead atoms. The van der Waals surface area contributed by atoms with Crippen molar-refractivity contribution in [3.8, 4) is 0 Å². The summed E-state index contributed by atoms with van der Waals surface area (Å²) in [5.74, 6) is 4.24. The fraction of sp³-hybridized carbons (Fsp3) is 0.517. The van der Waals surface area contributed by atoms with E-state index in [4.69, 9.17) is 0 Å². The Morgan fingerprint density at radius 2 is 1.72 bits per heavy atom. The van der Waals surface area contributed by atoms with E-state index in [0.717, 1.165) is 23.7 Å². The Bertz CT molecular complexity index is 932. The lowest BCUT2D eigenvalue weighted by Gasteiger charge is -2.47. The Morgan fingerprint density at radius 1 is 0.897 bits per heavy atom. The van der Waals surface area contributed by atoms with Crippen molar-refractivity contribution < 1.29 is 0 Å². The molecule has 7 rings (SSSR count). The van der Waals surface area contributed by atoms with Gasteiger partial charge in [0.25, 0.3) is 0 Å². The quantitative estimate of drug-likeness (QED) is 0.514. The van der Waals surface area contributed by atoms with Gasteiger partial charge in [-0.15, -0.1) is 0 Å². The van der Waals surface area contributed by atoms with Gasteiger partial charge in [0.05, 0.1) is 0 Å². The van der Waals surface area contributed by atoms with Crippen LogP contribution in [-0.2, 0) is 12.8 Å². The largest absolute Gasteiger partial charge is 0.0770 e. The summed E-state index contributed by atoms with van der Waals surface area (Å²) in [6.07, 6.45) is 15.1. The van der Waals surface area contributed by atoms with E-state index in [1.54, 1.807) is 33.4 Å². The summed E-state index contributed by atoms with van der Waals surface area (Å²) in [6, 6.07) is 16.8. The summed E-state index contributed by atoms with van der Waals surface area (Å²) in [5, 5.41) is 0. The molecule has 0 radical (unpaired) electrons. The van der Waals surface area contributed by atoms with Crippen molar-refractivity contribution in [2.75, 3.05) is 0 Å². The second-order valence-electron chi connectivity index (χ2n) is 10.4. The SMILES string of the molecule is CCC1C=C(C2CC3CC(C3)C2)c2ccc([C@@H]3CCCc4ccccc43)cc2C1. The highest BCUT2D eigenvalue weighted by Gasteiger charge is 2.40. The van der Waals surface area contributed by atoms with Crippen molar-refractivity contribution >= 4 is 5.57 Å². The molecular weight excluding hydrogens is 348 g/mol. The van der Waals surface area contributed by atoms with E-state index < -0.39 is 0 Å². The highest BCUT2D eigenvalue weighted by Crippen LogP contribution is 2.53. The first kappa shape index (κ1) is 18.0. The van der Waals surface area contributed by atoms with Crippen LogP contribution in [0.3, 0.4) is 0 Å². The molecule has 29 heavy (non-hydrogen) atoms. The van der Waals surface area contributed by atoms with Gasteiger partial charge < -0.3 is 0 Å². The average Bonchev–Trinajstić information content (AvgIpc) is 2.77. The van der Waals surface area contributed by atoms with E-state index in [9.17, 15) is 0 Å². The fourth-order valence-electron chi connectivity index (χ4n) is 7.10. The average molecular weight is 383 g/mol. The topological polar surface area (TPSA) is 0 Å². The van der Waals surface area contributed by atoms with Crippen LogP contribution in [0.25, 0.3) is 5.57 Å². The Balaban J connectivity index is 1.36. The van der Waals surface area contributed by atoms with Crippen LogP contribution in [0.1, 0.15) is 85.6 Å². The molecule has 2 aromatic carbocycles. The number of allylic oxidation sites excluding steroid dienone is 2. The Kier molecular flexibility index (Phi) is 4.44. The normalized spacial score (nSPS) is 32.6. The van der Waals surface area contributed by atoms with Crippen molar-refractivity contribution in [1.82, 2.24) is 0 Å². The standard InChI is InChI=1S/C29H34/c1-2-19-14-25-18-23(27-9-5-7-22-6-3-4-8-26(22)27)10-11-28(25)29(17-19)24-15-20-12-21(13-20)16-24/h3-4,6,8,10-11,17-21,24,27H,2,5,7,9,12-16H2,1H3/t19?,20?,21?,24?,27-/m0/s1. The zero-order chi connectivity index (χ0) is 19.4. The van der Waals surface area contributed by atoms with Gasteiger partial charge in [-0.3, -0.25) is 0 Å². The van der Waals surface area contributed by atoms with E-state index in [-0.39, 0.29) is 0 Å². The molecule has 0 aliphatic heterocycles. The monoisotopic (exact) mass is 382 g/mol. The minimum Gasteiger partial charge on any atom is -0.0770 e. The highest BCUT2D eigenvalue weighted by molar-refractivity contribution is 5.73. The van der Waals surface area contributed by atoms with Crippen molar-refractivity contribution in [1.29, 1.82) is 0 Å². The maximum atomic E-state index is 2.69. The van der Waals surface area contributed by atoms with Crippen LogP contribution >= 0.6 is 0 Å². The van der Waals surface area contributed by atoms with Crippen LogP contribution < -0.4 is 0 Å². The number of fused-ring (bicyclic) bond motifs is 4. The predicted octanol–water partition coefficient (Wildman–Crippen LogP) is 7.56. The molecule has 5 aliphatic rings. The number of aryl methyl sites for hydroxylation is 1. The van der Waals surface area contributed by atoms with E-state index >= 15 is 0 Å². The molecule has 1 unspecified atom stereocenters. The van der Waals surface area contributed by atoms with E-state index in [1.165, 1.54) is 57.8 Å².